The summed E-state index contributed by atoms with van der Waals surface area (Å²) >= 11 is 5.80. The molecule has 3 N–H and O–H groups in total. The summed E-state index contributed by atoms with van der Waals surface area (Å²) in [5.74, 6) is -1.02. The number of oxime groups is 1. The Morgan fingerprint density at radius 1 is 1.61 bits per heavy atom. The number of carbonyl (C=O) groups excluding carboxylic acids is 1. The maximum Gasteiger partial charge on any atom is 0.255 e. The number of rotatable bonds is 4. The van der Waals surface area contributed by atoms with Crippen LogP contribution in [0.5, 0.6) is 0 Å². The van der Waals surface area contributed by atoms with Gasteiger partial charge in [0.25, 0.3) is 5.91 Å². The largest absolute Gasteiger partial charge is 0.409 e. The van der Waals surface area contributed by atoms with E-state index in [9.17, 15) is 9.18 Å². The molecule has 5 nitrogen and oxygen atoms in total. The second-order valence-corrected chi connectivity index (χ2v) is 3.94. The average Bonchev–Trinajstić information content (AvgIpc) is 2.34. The van der Waals surface area contributed by atoms with E-state index < -0.39 is 11.7 Å². The lowest BCUT2D eigenvalue weighted by atomic mass is 10.2. The lowest BCUT2D eigenvalue weighted by molar-refractivity contribution is 0.0786. The van der Waals surface area contributed by atoms with Crippen molar-refractivity contribution >= 4 is 23.3 Å². The number of likely N-dealkylation sites (N-methyl/N-ethyl adjacent to an activating group) is 1. The van der Waals surface area contributed by atoms with Crippen molar-refractivity contribution in [2.45, 2.75) is 6.92 Å². The van der Waals surface area contributed by atoms with Crippen LogP contribution in [0.1, 0.15) is 17.3 Å². The molecule has 0 spiro atoms. The molecule has 1 rings (SSSR count). The maximum atomic E-state index is 12.9. The van der Waals surface area contributed by atoms with Crippen molar-refractivity contribution in [3.8, 4) is 0 Å². The number of halogens is 2. The summed E-state index contributed by atoms with van der Waals surface area (Å²) in [5.41, 5.74) is 5.51. The monoisotopic (exact) mass is 273 g/mol. The first kappa shape index (κ1) is 14.2. The standard InChI is InChI=1S/C11H13ClFN3O2/c1-2-16(6-10(14)15-18)11(17)8-4-3-7(13)5-9(8)12/h3-5,18H,2,6H2,1H3,(H2,14,15). The second-order valence-electron chi connectivity index (χ2n) is 3.53. The fraction of sp³-hybridized carbons (Fsp3) is 0.273. The summed E-state index contributed by atoms with van der Waals surface area (Å²) < 4.78 is 12.9. The Balaban J connectivity index is 2.96. The molecule has 1 amide bonds. The fourth-order valence-electron chi connectivity index (χ4n) is 1.39. The lowest BCUT2D eigenvalue weighted by Gasteiger charge is -2.20. The van der Waals surface area contributed by atoms with Crippen LogP contribution in [0, 0.1) is 5.82 Å². The van der Waals surface area contributed by atoms with Crippen molar-refractivity contribution in [3.63, 3.8) is 0 Å². The van der Waals surface area contributed by atoms with Crippen LogP contribution >= 0.6 is 11.6 Å². The van der Waals surface area contributed by atoms with Crippen LogP contribution < -0.4 is 5.73 Å². The third-order valence-corrected chi connectivity index (χ3v) is 2.62. The number of nitrogens with two attached hydrogens (primary N) is 1. The molecule has 0 bridgehead atoms. The second kappa shape index (κ2) is 6.20. The van der Waals surface area contributed by atoms with Crippen LogP contribution in [-0.4, -0.2) is 34.9 Å². The highest BCUT2D eigenvalue weighted by Gasteiger charge is 2.18. The molecule has 0 unspecified atom stereocenters. The first-order valence-electron chi connectivity index (χ1n) is 5.20. The van der Waals surface area contributed by atoms with Gasteiger partial charge >= 0.3 is 0 Å². The zero-order chi connectivity index (χ0) is 13.7. The summed E-state index contributed by atoms with van der Waals surface area (Å²) in [6.45, 7) is 2.06. The van der Waals surface area contributed by atoms with Gasteiger partial charge in [-0.05, 0) is 25.1 Å². The van der Waals surface area contributed by atoms with Crippen molar-refractivity contribution in [3.05, 3.63) is 34.6 Å². The van der Waals surface area contributed by atoms with Gasteiger partial charge < -0.3 is 15.8 Å². The molecule has 0 aromatic heterocycles. The number of amidine groups is 1. The average molecular weight is 274 g/mol. The van der Waals surface area contributed by atoms with E-state index in [-0.39, 0.29) is 23.0 Å². The minimum Gasteiger partial charge on any atom is -0.409 e. The van der Waals surface area contributed by atoms with Crippen LogP contribution in [0.15, 0.2) is 23.4 Å². The first-order chi connectivity index (χ1) is 8.49. The van der Waals surface area contributed by atoms with E-state index in [1.165, 1.54) is 11.0 Å². The normalized spacial score (nSPS) is 11.4. The molecule has 1 aromatic carbocycles. The summed E-state index contributed by atoms with van der Waals surface area (Å²) in [6, 6.07) is 3.51. The van der Waals surface area contributed by atoms with Crippen LogP contribution in [0.4, 0.5) is 4.39 Å². The van der Waals surface area contributed by atoms with Crippen LogP contribution in [-0.2, 0) is 0 Å². The molecular weight excluding hydrogens is 261 g/mol. The predicted molar refractivity (Wildman–Crippen MR) is 66.4 cm³/mol. The fourth-order valence-corrected chi connectivity index (χ4v) is 1.64. The number of amides is 1. The molecule has 0 radical (unpaired) electrons. The van der Waals surface area contributed by atoms with E-state index >= 15 is 0 Å². The Bertz CT molecular complexity index is 479. The molecule has 0 saturated heterocycles. The third-order valence-electron chi connectivity index (χ3n) is 2.31. The van der Waals surface area contributed by atoms with E-state index in [4.69, 9.17) is 22.5 Å². The quantitative estimate of drug-likeness (QED) is 0.379. The molecule has 18 heavy (non-hydrogen) atoms. The van der Waals surface area contributed by atoms with Crippen LogP contribution in [0.25, 0.3) is 0 Å². The van der Waals surface area contributed by atoms with Crippen molar-refractivity contribution in [1.29, 1.82) is 0 Å². The first-order valence-corrected chi connectivity index (χ1v) is 5.58. The molecule has 0 saturated carbocycles. The van der Waals surface area contributed by atoms with E-state index in [0.717, 1.165) is 12.1 Å². The van der Waals surface area contributed by atoms with E-state index in [2.05, 4.69) is 5.16 Å². The minimum atomic E-state index is -0.518. The summed E-state index contributed by atoms with van der Waals surface area (Å²) in [7, 11) is 0. The van der Waals surface area contributed by atoms with E-state index in [0.29, 0.717) is 6.54 Å². The zero-order valence-electron chi connectivity index (χ0n) is 9.73. The van der Waals surface area contributed by atoms with Gasteiger partial charge in [-0.2, -0.15) is 0 Å². The molecule has 0 aliphatic heterocycles. The molecule has 0 aliphatic carbocycles. The number of hydrogen-bond acceptors (Lipinski definition) is 3. The minimum absolute atomic E-state index is 0.0259. The maximum absolute atomic E-state index is 12.9. The van der Waals surface area contributed by atoms with Gasteiger partial charge in [0.05, 0.1) is 17.1 Å². The number of hydrogen-bond donors (Lipinski definition) is 2. The summed E-state index contributed by atoms with van der Waals surface area (Å²) in [5, 5.41) is 11.3. The molecule has 1 aromatic rings. The number of carbonyl (C=O) groups is 1. The molecule has 0 atom stereocenters. The predicted octanol–water partition coefficient (Wildman–Crippen LogP) is 1.69. The van der Waals surface area contributed by atoms with Gasteiger partial charge in [-0.25, -0.2) is 4.39 Å². The Labute approximate surface area is 109 Å². The Morgan fingerprint density at radius 3 is 2.78 bits per heavy atom. The Hall–Kier alpha value is -1.82. The molecular formula is C11H13ClFN3O2. The molecule has 0 heterocycles. The van der Waals surface area contributed by atoms with Crippen molar-refractivity contribution in [2.24, 2.45) is 10.9 Å². The highest BCUT2D eigenvalue weighted by molar-refractivity contribution is 6.33. The van der Waals surface area contributed by atoms with E-state index in [1.807, 2.05) is 0 Å². The van der Waals surface area contributed by atoms with Gasteiger partial charge in [-0.3, -0.25) is 4.79 Å². The Kier molecular flexibility index (Phi) is 4.91. The van der Waals surface area contributed by atoms with Crippen LogP contribution in [0.2, 0.25) is 5.02 Å². The van der Waals surface area contributed by atoms with Crippen molar-refractivity contribution in [1.82, 2.24) is 4.90 Å². The number of benzene rings is 1. The molecule has 98 valence electrons. The van der Waals surface area contributed by atoms with Gasteiger partial charge in [0.1, 0.15) is 5.82 Å². The topological polar surface area (TPSA) is 78.9 Å². The van der Waals surface area contributed by atoms with Gasteiger partial charge in [-0.15, -0.1) is 0 Å². The summed E-state index contributed by atoms with van der Waals surface area (Å²) in [4.78, 5) is 13.4. The SMILES string of the molecule is CCN(C/C(N)=N/O)C(=O)c1ccc(F)cc1Cl. The lowest BCUT2D eigenvalue weighted by Crippen LogP contribution is -2.38. The van der Waals surface area contributed by atoms with Gasteiger partial charge in [-0.1, -0.05) is 16.8 Å². The smallest absolute Gasteiger partial charge is 0.255 e. The van der Waals surface area contributed by atoms with Gasteiger partial charge in [0.2, 0.25) is 0 Å². The van der Waals surface area contributed by atoms with Crippen molar-refractivity contribution < 1.29 is 14.4 Å². The number of nitrogens with zero attached hydrogens (tertiary/aromatic N) is 2. The third kappa shape index (κ3) is 3.33. The molecule has 0 fully saturated rings. The molecule has 0 aliphatic rings. The van der Waals surface area contributed by atoms with Crippen molar-refractivity contribution in [2.75, 3.05) is 13.1 Å². The highest BCUT2D eigenvalue weighted by atomic mass is 35.5. The Morgan fingerprint density at radius 2 is 2.28 bits per heavy atom. The van der Waals surface area contributed by atoms with Crippen LogP contribution in [0.3, 0.4) is 0 Å². The van der Waals surface area contributed by atoms with E-state index in [1.54, 1.807) is 6.92 Å². The summed E-state index contributed by atoms with van der Waals surface area (Å²) in [6.07, 6.45) is 0. The molecule has 7 heteroatoms. The zero-order valence-corrected chi connectivity index (χ0v) is 10.5. The van der Waals surface area contributed by atoms with Gasteiger partial charge in [0.15, 0.2) is 5.84 Å². The highest BCUT2D eigenvalue weighted by Crippen LogP contribution is 2.19. The van der Waals surface area contributed by atoms with Gasteiger partial charge in [0, 0.05) is 6.54 Å².